The third kappa shape index (κ3) is 5.58. The maximum Gasteiger partial charge on any atom is 0.161 e. The topological polar surface area (TPSA) is 30.5 Å². The van der Waals surface area contributed by atoms with Crippen LogP contribution in [0.4, 0.5) is 0 Å². The number of rotatable bonds is 8. The van der Waals surface area contributed by atoms with Gasteiger partial charge in [0, 0.05) is 0 Å². The van der Waals surface area contributed by atoms with Crippen LogP contribution in [-0.4, -0.2) is 26.3 Å². The van der Waals surface area contributed by atoms with Gasteiger partial charge in [-0.25, -0.2) is 0 Å². The van der Waals surface area contributed by atoms with Gasteiger partial charge in [-0.3, -0.25) is 0 Å². The summed E-state index contributed by atoms with van der Waals surface area (Å²) in [6, 6.07) is 6.34. The van der Waals surface area contributed by atoms with Crippen LogP contribution in [-0.2, 0) is 6.42 Å². The van der Waals surface area contributed by atoms with Crippen molar-refractivity contribution in [3.63, 3.8) is 0 Å². The monoisotopic (exact) mass is 291 g/mol. The third-order valence-electron chi connectivity index (χ3n) is 3.90. The van der Waals surface area contributed by atoms with E-state index in [4.69, 9.17) is 9.47 Å². The molecule has 1 aromatic carbocycles. The molecule has 0 spiro atoms. The quantitative estimate of drug-likeness (QED) is 0.741. The molecular weight excluding hydrogens is 262 g/mol. The highest BCUT2D eigenvalue weighted by atomic mass is 16.6. The molecule has 0 saturated heterocycles. The fourth-order valence-electron chi connectivity index (χ4n) is 2.54. The molecule has 1 aliphatic rings. The van der Waals surface area contributed by atoms with Crippen LogP contribution in [0.15, 0.2) is 18.2 Å². The first-order chi connectivity index (χ1) is 10.1. The fourth-order valence-corrected chi connectivity index (χ4v) is 2.54. The Morgan fingerprint density at radius 3 is 2.57 bits per heavy atom. The molecule has 1 unspecified atom stereocenters. The zero-order valence-electron chi connectivity index (χ0n) is 13.7. The lowest BCUT2D eigenvalue weighted by molar-refractivity contribution is 0.171. The van der Waals surface area contributed by atoms with E-state index < -0.39 is 0 Å². The van der Waals surface area contributed by atoms with Crippen LogP contribution in [0.1, 0.15) is 39.2 Å². The van der Waals surface area contributed by atoms with Gasteiger partial charge in [-0.2, -0.15) is 0 Å². The number of benzene rings is 1. The van der Waals surface area contributed by atoms with Gasteiger partial charge in [0.1, 0.15) is 13.2 Å². The van der Waals surface area contributed by atoms with Crippen LogP contribution < -0.4 is 14.8 Å². The third-order valence-corrected chi connectivity index (χ3v) is 3.90. The number of fused-ring (bicyclic) bond motifs is 1. The van der Waals surface area contributed by atoms with Crippen molar-refractivity contribution in [3.8, 4) is 11.5 Å². The molecule has 1 aliphatic heterocycles. The Morgan fingerprint density at radius 2 is 1.81 bits per heavy atom. The lowest BCUT2D eigenvalue weighted by Crippen LogP contribution is -2.22. The molecule has 0 bridgehead atoms. The van der Waals surface area contributed by atoms with Crippen molar-refractivity contribution < 1.29 is 9.47 Å². The highest BCUT2D eigenvalue weighted by Gasteiger charge is 2.12. The van der Waals surface area contributed by atoms with Crippen LogP contribution in [0.5, 0.6) is 11.5 Å². The molecular formula is C18H29NO2. The normalized spacial score (nSPS) is 15.2. The first-order valence-corrected chi connectivity index (χ1v) is 8.24. The van der Waals surface area contributed by atoms with Gasteiger partial charge in [0.2, 0.25) is 0 Å². The Balaban J connectivity index is 1.70. The lowest BCUT2D eigenvalue weighted by Gasteiger charge is -2.19. The molecule has 1 atom stereocenters. The summed E-state index contributed by atoms with van der Waals surface area (Å²) in [5, 5.41) is 3.52. The molecule has 0 radical (unpaired) electrons. The number of nitrogens with one attached hydrogen (secondary N) is 1. The summed E-state index contributed by atoms with van der Waals surface area (Å²) < 4.78 is 11.2. The van der Waals surface area contributed by atoms with E-state index in [9.17, 15) is 0 Å². The van der Waals surface area contributed by atoms with Crippen molar-refractivity contribution in [2.24, 2.45) is 11.8 Å². The second kappa shape index (κ2) is 8.28. The first-order valence-electron chi connectivity index (χ1n) is 8.24. The van der Waals surface area contributed by atoms with Crippen molar-refractivity contribution in [2.75, 3.05) is 26.3 Å². The zero-order chi connectivity index (χ0) is 15.1. The average molecular weight is 291 g/mol. The Labute approximate surface area is 129 Å². The van der Waals surface area contributed by atoms with E-state index in [0.717, 1.165) is 42.8 Å². The fraction of sp³-hybridized carbons (Fsp3) is 0.667. The van der Waals surface area contributed by atoms with Gasteiger partial charge in [0.25, 0.3) is 0 Å². The summed E-state index contributed by atoms with van der Waals surface area (Å²) in [4.78, 5) is 0. The summed E-state index contributed by atoms with van der Waals surface area (Å²) in [7, 11) is 0. The highest BCUT2D eigenvalue weighted by molar-refractivity contribution is 5.43. The van der Waals surface area contributed by atoms with Crippen molar-refractivity contribution in [1.29, 1.82) is 0 Å². The van der Waals surface area contributed by atoms with Crippen molar-refractivity contribution >= 4 is 0 Å². The molecule has 3 nitrogen and oxygen atoms in total. The van der Waals surface area contributed by atoms with Gasteiger partial charge >= 0.3 is 0 Å². The number of ether oxygens (including phenoxy) is 2. The van der Waals surface area contributed by atoms with Gasteiger partial charge in [0.15, 0.2) is 11.5 Å². The summed E-state index contributed by atoms with van der Waals surface area (Å²) >= 11 is 0. The second-order valence-electron chi connectivity index (χ2n) is 6.51. The minimum absolute atomic E-state index is 0.659. The largest absolute Gasteiger partial charge is 0.486 e. The van der Waals surface area contributed by atoms with Crippen molar-refractivity contribution in [2.45, 2.75) is 40.0 Å². The van der Waals surface area contributed by atoms with E-state index in [1.165, 1.54) is 18.4 Å². The molecule has 1 N–H and O–H groups in total. The van der Waals surface area contributed by atoms with Crippen LogP contribution in [0, 0.1) is 11.8 Å². The van der Waals surface area contributed by atoms with Crippen LogP contribution in [0.2, 0.25) is 0 Å². The molecule has 1 heterocycles. The molecule has 1 aromatic rings. The van der Waals surface area contributed by atoms with Crippen LogP contribution in [0.25, 0.3) is 0 Å². The van der Waals surface area contributed by atoms with E-state index in [-0.39, 0.29) is 0 Å². The van der Waals surface area contributed by atoms with Gasteiger partial charge in [0.05, 0.1) is 0 Å². The number of aryl methyl sites for hydroxylation is 1. The number of hydrogen-bond acceptors (Lipinski definition) is 3. The molecule has 118 valence electrons. The van der Waals surface area contributed by atoms with Gasteiger partial charge < -0.3 is 14.8 Å². The Hall–Kier alpha value is -1.22. The molecule has 0 aliphatic carbocycles. The van der Waals surface area contributed by atoms with E-state index in [0.29, 0.717) is 13.2 Å². The van der Waals surface area contributed by atoms with Gasteiger partial charge in [-0.05, 0) is 61.9 Å². The SMILES string of the molecule is CC(C)CNCCC(C)CCc1ccc2c(c1)OCCO2. The summed E-state index contributed by atoms with van der Waals surface area (Å²) in [5.74, 6) is 3.27. The van der Waals surface area contributed by atoms with Crippen LogP contribution >= 0.6 is 0 Å². The van der Waals surface area contributed by atoms with E-state index in [1.807, 2.05) is 6.07 Å². The molecule has 3 heteroatoms. The summed E-state index contributed by atoms with van der Waals surface area (Å²) in [6.45, 7) is 10.4. The Bertz CT molecular complexity index is 431. The van der Waals surface area contributed by atoms with Crippen molar-refractivity contribution in [3.05, 3.63) is 23.8 Å². The van der Waals surface area contributed by atoms with E-state index >= 15 is 0 Å². The average Bonchev–Trinajstić information content (AvgIpc) is 2.49. The minimum Gasteiger partial charge on any atom is -0.486 e. The summed E-state index contributed by atoms with van der Waals surface area (Å²) in [6.07, 6.45) is 3.59. The molecule has 21 heavy (non-hydrogen) atoms. The number of hydrogen-bond donors (Lipinski definition) is 1. The van der Waals surface area contributed by atoms with Gasteiger partial charge in [-0.15, -0.1) is 0 Å². The smallest absolute Gasteiger partial charge is 0.161 e. The van der Waals surface area contributed by atoms with Crippen molar-refractivity contribution in [1.82, 2.24) is 5.32 Å². The van der Waals surface area contributed by atoms with E-state index in [1.54, 1.807) is 0 Å². The Kier molecular flexibility index (Phi) is 6.37. The zero-order valence-corrected chi connectivity index (χ0v) is 13.7. The molecule has 0 fully saturated rings. The molecule has 0 aromatic heterocycles. The first kappa shape index (κ1) is 16.2. The predicted molar refractivity (Wildman–Crippen MR) is 87.2 cm³/mol. The molecule has 0 saturated carbocycles. The molecule has 0 amide bonds. The lowest BCUT2D eigenvalue weighted by atomic mass is 9.98. The maximum absolute atomic E-state index is 5.64. The second-order valence-corrected chi connectivity index (χ2v) is 6.51. The highest BCUT2D eigenvalue weighted by Crippen LogP contribution is 2.31. The minimum atomic E-state index is 0.659. The standard InChI is InChI=1S/C18H29NO2/c1-14(2)13-19-9-8-15(3)4-5-16-6-7-17-18(12-16)21-11-10-20-17/h6-7,12,14-15,19H,4-5,8-11,13H2,1-3H3. The van der Waals surface area contributed by atoms with Crippen LogP contribution in [0.3, 0.4) is 0 Å². The van der Waals surface area contributed by atoms with Gasteiger partial charge in [-0.1, -0.05) is 26.8 Å². The van der Waals surface area contributed by atoms with E-state index in [2.05, 4.69) is 38.2 Å². The predicted octanol–water partition coefficient (Wildman–Crippen LogP) is 3.66. The maximum atomic E-state index is 5.64. The summed E-state index contributed by atoms with van der Waals surface area (Å²) in [5.41, 5.74) is 1.35. The Morgan fingerprint density at radius 1 is 1.05 bits per heavy atom. The molecule has 2 rings (SSSR count).